The van der Waals surface area contributed by atoms with Crippen LogP contribution in [0.15, 0.2) is 54.9 Å². The topological polar surface area (TPSA) is 56.6 Å². The maximum absolute atomic E-state index is 12.9. The van der Waals surface area contributed by atoms with Crippen molar-refractivity contribution >= 4 is 16.9 Å². The first-order valence-electron chi connectivity index (χ1n) is 8.88. The van der Waals surface area contributed by atoms with Gasteiger partial charge in [0.25, 0.3) is 5.91 Å². The third-order valence-electron chi connectivity index (χ3n) is 5.13. The molecule has 0 saturated carbocycles. The molecular weight excluding hydrogens is 330 g/mol. The fourth-order valence-corrected chi connectivity index (χ4v) is 3.78. The summed E-state index contributed by atoms with van der Waals surface area (Å²) in [7, 11) is 0. The summed E-state index contributed by atoms with van der Waals surface area (Å²) >= 11 is 0. The van der Waals surface area contributed by atoms with Gasteiger partial charge < -0.3 is 18.9 Å². The average Bonchev–Trinajstić information content (AvgIpc) is 3.34. The van der Waals surface area contributed by atoms with E-state index in [1.54, 1.807) is 0 Å². The smallest absolute Gasteiger partial charge is 0.267 e. The Kier molecular flexibility index (Phi) is 3.55. The van der Waals surface area contributed by atoms with Crippen molar-refractivity contribution < 1.29 is 14.3 Å². The molecule has 0 radical (unpaired) electrons. The third kappa shape index (κ3) is 2.49. The molecule has 26 heavy (non-hydrogen) atoms. The second kappa shape index (κ2) is 6.05. The zero-order valence-electron chi connectivity index (χ0n) is 14.2. The van der Waals surface area contributed by atoms with Gasteiger partial charge in [-0.15, -0.1) is 0 Å². The summed E-state index contributed by atoms with van der Waals surface area (Å²) in [6.45, 7) is 1.64. The molecule has 3 heterocycles. The van der Waals surface area contributed by atoms with Crippen molar-refractivity contribution in [3.05, 3.63) is 54.9 Å². The van der Waals surface area contributed by atoms with E-state index in [9.17, 15) is 4.79 Å². The van der Waals surface area contributed by atoms with Gasteiger partial charge in [0.1, 0.15) is 6.61 Å². The normalized spacial score (nSPS) is 21.9. The standard InChI is InChI=1S/C20H19N3O3/c24-20(19-12-25-17-7-3-4-8-18(17)26-19)22-10-9-14(11-22)23-13-21-15-5-1-2-6-16(15)23/h1-8,13-14,19H,9-12H2/t14-,19-/m0/s1. The number of nitrogens with zero attached hydrogens (tertiary/aromatic N) is 3. The maximum atomic E-state index is 12.9. The van der Waals surface area contributed by atoms with E-state index in [1.165, 1.54) is 0 Å². The Morgan fingerprint density at radius 2 is 1.88 bits per heavy atom. The monoisotopic (exact) mass is 349 g/mol. The second-order valence-electron chi connectivity index (χ2n) is 6.73. The molecular formula is C20H19N3O3. The first kappa shape index (κ1) is 15.3. The van der Waals surface area contributed by atoms with E-state index in [4.69, 9.17) is 9.47 Å². The van der Waals surface area contributed by atoms with Gasteiger partial charge in [0.2, 0.25) is 6.10 Å². The van der Waals surface area contributed by atoms with E-state index in [0.29, 0.717) is 18.0 Å². The molecule has 1 amide bonds. The van der Waals surface area contributed by atoms with E-state index < -0.39 is 6.10 Å². The highest BCUT2D eigenvalue weighted by Gasteiger charge is 2.35. The van der Waals surface area contributed by atoms with E-state index in [1.807, 2.05) is 53.7 Å². The minimum atomic E-state index is -0.580. The molecule has 2 aliphatic rings. The number of carbonyl (C=O) groups is 1. The molecule has 2 aliphatic heterocycles. The van der Waals surface area contributed by atoms with Crippen LogP contribution in [0.3, 0.4) is 0 Å². The number of ether oxygens (including phenoxy) is 2. The molecule has 6 heteroatoms. The lowest BCUT2D eigenvalue weighted by molar-refractivity contribution is -0.140. The number of rotatable bonds is 2. The second-order valence-corrected chi connectivity index (χ2v) is 6.73. The SMILES string of the molecule is O=C([C@@H]1COc2ccccc2O1)N1CC[C@H](n2cnc3ccccc32)C1. The minimum absolute atomic E-state index is 0.00794. The van der Waals surface area contributed by atoms with Crippen molar-refractivity contribution in [1.82, 2.24) is 14.5 Å². The van der Waals surface area contributed by atoms with E-state index in [0.717, 1.165) is 24.0 Å². The number of benzene rings is 2. The fourth-order valence-electron chi connectivity index (χ4n) is 3.78. The van der Waals surface area contributed by atoms with E-state index in [-0.39, 0.29) is 18.6 Å². The van der Waals surface area contributed by atoms with Gasteiger partial charge in [0.05, 0.1) is 23.4 Å². The van der Waals surface area contributed by atoms with Gasteiger partial charge in [-0.2, -0.15) is 0 Å². The number of hydrogen-bond acceptors (Lipinski definition) is 4. The van der Waals surface area contributed by atoms with Gasteiger partial charge >= 0.3 is 0 Å². The molecule has 2 aromatic carbocycles. The number of imidazole rings is 1. The Hall–Kier alpha value is -3.02. The zero-order valence-corrected chi connectivity index (χ0v) is 14.2. The third-order valence-corrected chi connectivity index (χ3v) is 5.13. The summed E-state index contributed by atoms with van der Waals surface area (Å²) in [6, 6.07) is 15.8. The van der Waals surface area contributed by atoms with Crippen LogP contribution in [0.4, 0.5) is 0 Å². The quantitative estimate of drug-likeness (QED) is 0.714. The number of amides is 1. The molecule has 5 rings (SSSR count). The molecule has 6 nitrogen and oxygen atoms in total. The fraction of sp³-hybridized carbons (Fsp3) is 0.300. The van der Waals surface area contributed by atoms with Crippen molar-refractivity contribution in [3.8, 4) is 11.5 Å². The van der Waals surface area contributed by atoms with Crippen molar-refractivity contribution in [2.75, 3.05) is 19.7 Å². The Balaban J connectivity index is 1.31. The van der Waals surface area contributed by atoms with Crippen LogP contribution in [-0.4, -0.2) is 46.2 Å². The largest absolute Gasteiger partial charge is 0.485 e. The van der Waals surface area contributed by atoms with Crippen molar-refractivity contribution in [2.24, 2.45) is 0 Å². The minimum Gasteiger partial charge on any atom is -0.485 e. The average molecular weight is 349 g/mol. The zero-order chi connectivity index (χ0) is 17.5. The Morgan fingerprint density at radius 3 is 2.81 bits per heavy atom. The van der Waals surface area contributed by atoms with Crippen molar-refractivity contribution in [1.29, 1.82) is 0 Å². The number of para-hydroxylation sites is 4. The first-order valence-corrected chi connectivity index (χ1v) is 8.88. The number of aromatic nitrogens is 2. The molecule has 2 atom stereocenters. The molecule has 132 valence electrons. The van der Waals surface area contributed by atoms with Crippen LogP contribution in [0, 0.1) is 0 Å². The Labute approximate surface area is 151 Å². The van der Waals surface area contributed by atoms with Gasteiger partial charge in [-0.1, -0.05) is 24.3 Å². The van der Waals surface area contributed by atoms with Gasteiger partial charge in [-0.25, -0.2) is 4.98 Å². The summed E-state index contributed by atoms with van der Waals surface area (Å²) in [6.07, 6.45) is 2.21. The summed E-state index contributed by atoms with van der Waals surface area (Å²) in [5, 5.41) is 0. The summed E-state index contributed by atoms with van der Waals surface area (Å²) < 4.78 is 13.7. The molecule has 0 aliphatic carbocycles. The van der Waals surface area contributed by atoms with Crippen LogP contribution in [-0.2, 0) is 4.79 Å². The lowest BCUT2D eigenvalue weighted by Crippen LogP contribution is -2.45. The van der Waals surface area contributed by atoms with Crippen LogP contribution in [0.25, 0.3) is 11.0 Å². The summed E-state index contributed by atoms with van der Waals surface area (Å²) in [4.78, 5) is 19.2. The molecule has 3 aromatic rings. The maximum Gasteiger partial charge on any atom is 0.267 e. The summed E-state index contributed by atoms with van der Waals surface area (Å²) in [5.74, 6) is 1.32. The Morgan fingerprint density at radius 1 is 1.08 bits per heavy atom. The molecule has 1 aromatic heterocycles. The van der Waals surface area contributed by atoms with Gasteiger partial charge in [-0.3, -0.25) is 4.79 Å². The highest BCUT2D eigenvalue weighted by Crippen LogP contribution is 2.32. The number of fused-ring (bicyclic) bond motifs is 2. The highest BCUT2D eigenvalue weighted by molar-refractivity contribution is 5.82. The molecule has 1 fully saturated rings. The lowest BCUT2D eigenvalue weighted by atomic mass is 10.2. The Bertz CT molecular complexity index is 968. The van der Waals surface area contributed by atoms with Crippen LogP contribution in [0.1, 0.15) is 12.5 Å². The van der Waals surface area contributed by atoms with Crippen LogP contribution >= 0.6 is 0 Å². The molecule has 1 saturated heterocycles. The molecule has 0 spiro atoms. The highest BCUT2D eigenvalue weighted by atomic mass is 16.6. The first-order chi connectivity index (χ1) is 12.8. The van der Waals surface area contributed by atoms with Crippen LogP contribution in [0.2, 0.25) is 0 Å². The van der Waals surface area contributed by atoms with Crippen LogP contribution < -0.4 is 9.47 Å². The number of likely N-dealkylation sites (tertiary alicyclic amines) is 1. The predicted octanol–water partition coefficient (Wildman–Crippen LogP) is 2.65. The molecule has 0 unspecified atom stereocenters. The van der Waals surface area contributed by atoms with E-state index >= 15 is 0 Å². The van der Waals surface area contributed by atoms with Crippen molar-refractivity contribution in [2.45, 2.75) is 18.6 Å². The predicted molar refractivity (Wildman–Crippen MR) is 96.3 cm³/mol. The van der Waals surface area contributed by atoms with E-state index in [2.05, 4.69) is 15.6 Å². The molecule has 0 bridgehead atoms. The number of carbonyl (C=O) groups excluding carboxylic acids is 1. The van der Waals surface area contributed by atoms with Gasteiger partial charge in [-0.05, 0) is 30.7 Å². The van der Waals surface area contributed by atoms with Crippen molar-refractivity contribution in [3.63, 3.8) is 0 Å². The van der Waals surface area contributed by atoms with Gasteiger partial charge in [0, 0.05) is 13.1 Å². The number of hydrogen-bond donors (Lipinski definition) is 0. The van der Waals surface area contributed by atoms with Crippen LogP contribution in [0.5, 0.6) is 11.5 Å². The van der Waals surface area contributed by atoms with Gasteiger partial charge in [0.15, 0.2) is 11.5 Å². The lowest BCUT2D eigenvalue weighted by Gasteiger charge is -2.28. The molecule has 0 N–H and O–H groups in total. The summed E-state index contributed by atoms with van der Waals surface area (Å²) in [5.41, 5.74) is 2.09.